The largest absolute Gasteiger partial charge is 0.353 e. The molecule has 1 atom stereocenters. The van der Waals surface area contributed by atoms with E-state index in [2.05, 4.69) is 23.6 Å². The van der Waals surface area contributed by atoms with Crippen LogP contribution >= 0.6 is 0 Å². The maximum Gasteiger partial charge on any atom is 0.241 e. The second kappa shape index (κ2) is 4.45. The van der Waals surface area contributed by atoms with Crippen molar-refractivity contribution in [2.75, 3.05) is 13.1 Å². The molecule has 0 saturated carbocycles. The Labute approximate surface area is 89.9 Å². The van der Waals surface area contributed by atoms with Crippen LogP contribution in [-0.4, -0.2) is 19.0 Å². The summed E-state index contributed by atoms with van der Waals surface area (Å²) in [6.07, 6.45) is 0.960. The van der Waals surface area contributed by atoms with Crippen LogP contribution in [0, 0.1) is 0 Å². The van der Waals surface area contributed by atoms with E-state index in [1.165, 1.54) is 5.56 Å². The summed E-state index contributed by atoms with van der Waals surface area (Å²) in [6, 6.07) is 7.94. The lowest BCUT2D eigenvalue weighted by atomic mass is 9.97. The predicted molar refractivity (Wildman–Crippen MR) is 59.6 cm³/mol. The van der Waals surface area contributed by atoms with E-state index < -0.39 is 0 Å². The third kappa shape index (κ3) is 2.02. The summed E-state index contributed by atoms with van der Waals surface area (Å²) >= 11 is 0. The number of hydrogen-bond donors (Lipinski definition) is 2. The van der Waals surface area contributed by atoms with E-state index in [4.69, 9.17) is 0 Å². The average Bonchev–Trinajstić information content (AvgIpc) is 2.30. The summed E-state index contributed by atoms with van der Waals surface area (Å²) in [7, 11) is 0. The maximum atomic E-state index is 11.7. The first kappa shape index (κ1) is 10.2. The zero-order valence-electron chi connectivity index (χ0n) is 8.92. The summed E-state index contributed by atoms with van der Waals surface area (Å²) in [5, 5.41) is 6.13. The molecule has 2 N–H and O–H groups in total. The molecule has 3 nitrogen and oxygen atoms in total. The number of amides is 1. The SMILES string of the molecule is CCc1ccccc1C1NCCNC1=O. The number of piperazine rings is 1. The van der Waals surface area contributed by atoms with Crippen molar-refractivity contribution in [3.8, 4) is 0 Å². The fourth-order valence-electron chi connectivity index (χ4n) is 1.99. The minimum Gasteiger partial charge on any atom is -0.353 e. The van der Waals surface area contributed by atoms with Gasteiger partial charge >= 0.3 is 0 Å². The highest BCUT2D eigenvalue weighted by molar-refractivity contribution is 5.84. The first-order chi connectivity index (χ1) is 7.33. The van der Waals surface area contributed by atoms with Crippen LogP contribution in [-0.2, 0) is 11.2 Å². The van der Waals surface area contributed by atoms with Crippen LogP contribution in [0.2, 0.25) is 0 Å². The molecule has 80 valence electrons. The third-order valence-electron chi connectivity index (χ3n) is 2.78. The molecule has 1 fully saturated rings. The molecule has 1 saturated heterocycles. The Balaban J connectivity index is 2.30. The van der Waals surface area contributed by atoms with Crippen LogP contribution in [0.25, 0.3) is 0 Å². The number of nitrogens with one attached hydrogen (secondary N) is 2. The minimum absolute atomic E-state index is 0.0853. The molecule has 15 heavy (non-hydrogen) atoms. The molecule has 0 spiro atoms. The Morgan fingerprint density at radius 1 is 1.33 bits per heavy atom. The van der Waals surface area contributed by atoms with E-state index in [9.17, 15) is 4.79 Å². The summed E-state index contributed by atoms with van der Waals surface area (Å²) in [4.78, 5) is 11.7. The van der Waals surface area contributed by atoms with Gasteiger partial charge in [-0.15, -0.1) is 0 Å². The van der Waals surface area contributed by atoms with Crippen LogP contribution in [0.3, 0.4) is 0 Å². The van der Waals surface area contributed by atoms with Gasteiger partial charge in [0.15, 0.2) is 0 Å². The number of hydrogen-bond acceptors (Lipinski definition) is 2. The van der Waals surface area contributed by atoms with Crippen molar-refractivity contribution < 1.29 is 4.79 Å². The Hall–Kier alpha value is -1.35. The summed E-state index contributed by atoms with van der Waals surface area (Å²) in [5.74, 6) is 0.0853. The lowest BCUT2D eigenvalue weighted by Gasteiger charge is -2.25. The number of rotatable bonds is 2. The van der Waals surface area contributed by atoms with Gasteiger partial charge in [0.25, 0.3) is 0 Å². The van der Waals surface area contributed by atoms with Crippen molar-refractivity contribution >= 4 is 5.91 Å². The Morgan fingerprint density at radius 3 is 2.87 bits per heavy atom. The van der Waals surface area contributed by atoms with E-state index >= 15 is 0 Å². The molecule has 3 heteroatoms. The van der Waals surface area contributed by atoms with Crippen molar-refractivity contribution in [2.24, 2.45) is 0 Å². The maximum absolute atomic E-state index is 11.7. The van der Waals surface area contributed by atoms with Crippen molar-refractivity contribution in [1.82, 2.24) is 10.6 Å². The highest BCUT2D eigenvalue weighted by Crippen LogP contribution is 2.19. The zero-order valence-corrected chi connectivity index (χ0v) is 8.92. The van der Waals surface area contributed by atoms with Gasteiger partial charge in [-0.2, -0.15) is 0 Å². The molecule has 1 unspecified atom stereocenters. The lowest BCUT2D eigenvalue weighted by Crippen LogP contribution is -2.47. The van der Waals surface area contributed by atoms with Crippen LogP contribution in [0.15, 0.2) is 24.3 Å². The fourth-order valence-corrected chi connectivity index (χ4v) is 1.99. The predicted octanol–water partition coefficient (Wildman–Crippen LogP) is 1.01. The third-order valence-corrected chi connectivity index (χ3v) is 2.78. The molecular weight excluding hydrogens is 188 g/mol. The summed E-state index contributed by atoms with van der Waals surface area (Å²) < 4.78 is 0. The van der Waals surface area contributed by atoms with Crippen LogP contribution in [0.4, 0.5) is 0 Å². The molecule has 1 amide bonds. The Morgan fingerprint density at radius 2 is 2.13 bits per heavy atom. The lowest BCUT2D eigenvalue weighted by molar-refractivity contribution is -0.124. The normalized spacial score (nSPS) is 21.1. The molecule has 1 aromatic carbocycles. The quantitative estimate of drug-likeness (QED) is 0.755. The van der Waals surface area contributed by atoms with E-state index in [-0.39, 0.29) is 11.9 Å². The first-order valence-corrected chi connectivity index (χ1v) is 5.42. The highest BCUT2D eigenvalue weighted by Gasteiger charge is 2.24. The topological polar surface area (TPSA) is 41.1 Å². The monoisotopic (exact) mass is 204 g/mol. The van der Waals surface area contributed by atoms with Crippen molar-refractivity contribution in [3.05, 3.63) is 35.4 Å². The molecule has 1 aliphatic heterocycles. The van der Waals surface area contributed by atoms with Gasteiger partial charge in [0, 0.05) is 13.1 Å². The molecule has 1 heterocycles. The summed E-state index contributed by atoms with van der Waals surface area (Å²) in [6.45, 7) is 3.68. The minimum atomic E-state index is -0.171. The number of benzene rings is 1. The first-order valence-electron chi connectivity index (χ1n) is 5.42. The molecule has 0 radical (unpaired) electrons. The van der Waals surface area contributed by atoms with Gasteiger partial charge in [-0.05, 0) is 17.5 Å². The molecule has 0 aliphatic carbocycles. The van der Waals surface area contributed by atoms with Crippen molar-refractivity contribution in [1.29, 1.82) is 0 Å². The van der Waals surface area contributed by atoms with Crippen molar-refractivity contribution in [3.63, 3.8) is 0 Å². The number of carbonyl (C=O) groups is 1. The summed E-state index contributed by atoms with van der Waals surface area (Å²) in [5.41, 5.74) is 2.35. The molecule has 1 aliphatic rings. The molecule has 0 aromatic heterocycles. The van der Waals surface area contributed by atoms with Crippen molar-refractivity contribution in [2.45, 2.75) is 19.4 Å². The highest BCUT2D eigenvalue weighted by atomic mass is 16.2. The van der Waals surface area contributed by atoms with Crippen LogP contribution in [0.5, 0.6) is 0 Å². The van der Waals surface area contributed by atoms with Gasteiger partial charge in [0.1, 0.15) is 6.04 Å². The standard InChI is InChI=1S/C12H16N2O/c1-2-9-5-3-4-6-10(9)11-12(15)14-8-7-13-11/h3-6,11,13H,2,7-8H2,1H3,(H,14,15). The van der Waals surface area contributed by atoms with Gasteiger partial charge in [0.05, 0.1) is 0 Å². The van der Waals surface area contributed by atoms with Crippen LogP contribution < -0.4 is 10.6 Å². The van der Waals surface area contributed by atoms with E-state index in [0.29, 0.717) is 0 Å². The fraction of sp³-hybridized carbons (Fsp3) is 0.417. The van der Waals surface area contributed by atoms with E-state index in [1.54, 1.807) is 0 Å². The second-order valence-corrected chi connectivity index (χ2v) is 3.73. The van der Waals surface area contributed by atoms with Gasteiger partial charge < -0.3 is 10.6 Å². The zero-order chi connectivity index (χ0) is 10.7. The van der Waals surface area contributed by atoms with Gasteiger partial charge in [-0.25, -0.2) is 0 Å². The molecular formula is C12H16N2O. The molecule has 2 rings (SSSR count). The Bertz CT molecular complexity index is 362. The number of carbonyl (C=O) groups excluding carboxylic acids is 1. The van der Waals surface area contributed by atoms with Gasteiger partial charge in [-0.1, -0.05) is 31.2 Å². The number of aryl methyl sites for hydroxylation is 1. The Kier molecular flexibility index (Phi) is 3.02. The van der Waals surface area contributed by atoms with Gasteiger partial charge in [0.2, 0.25) is 5.91 Å². The smallest absolute Gasteiger partial charge is 0.241 e. The van der Waals surface area contributed by atoms with E-state index in [1.807, 2.05) is 18.2 Å². The molecule has 0 bridgehead atoms. The second-order valence-electron chi connectivity index (χ2n) is 3.73. The van der Waals surface area contributed by atoms with E-state index in [0.717, 1.165) is 25.1 Å². The van der Waals surface area contributed by atoms with Crippen LogP contribution in [0.1, 0.15) is 24.1 Å². The average molecular weight is 204 g/mol. The molecule has 1 aromatic rings. The van der Waals surface area contributed by atoms with Gasteiger partial charge in [-0.3, -0.25) is 4.79 Å².